The van der Waals surface area contributed by atoms with Crippen molar-refractivity contribution in [1.29, 1.82) is 0 Å². The fourth-order valence-electron chi connectivity index (χ4n) is 3.72. The molecule has 2 aromatic rings. The van der Waals surface area contributed by atoms with E-state index in [1.54, 1.807) is 12.1 Å². The van der Waals surface area contributed by atoms with Crippen molar-refractivity contribution in [2.75, 3.05) is 13.7 Å². The van der Waals surface area contributed by atoms with Crippen molar-refractivity contribution in [3.63, 3.8) is 0 Å². The Hall–Kier alpha value is -2.18. The van der Waals surface area contributed by atoms with Crippen molar-refractivity contribution < 1.29 is 17.9 Å². The number of rotatable bonds is 6. The number of carbonyl (C=O) groups is 1. The molecule has 0 bridgehead atoms. The molecule has 1 atom stereocenters. The Kier molecular flexibility index (Phi) is 5.67. The fraction of sp³-hybridized carbons (Fsp3) is 0.381. The maximum absolute atomic E-state index is 13.0. The molecule has 5 nitrogen and oxygen atoms in total. The van der Waals surface area contributed by atoms with Crippen LogP contribution in [0.25, 0.3) is 0 Å². The third-order valence-electron chi connectivity index (χ3n) is 4.90. The van der Waals surface area contributed by atoms with E-state index in [0.29, 0.717) is 25.1 Å². The third-order valence-corrected chi connectivity index (χ3v) is 6.82. The molecule has 0 unspecified atom stereocenters. The number of nitrogens with zero attached hydrogens (tertiary/aromatic N) is 1. The van der Waals surface area contributed by atoms with Gasteiger partial charge in [-0.2, -0.15) is 4.31 Å². The van der Waals surface area contributed by atoms with Gasteiger partial charge in [-0.1, -0.05) is 29.3 Å². The maximum Gasteiger partial charge on any atom is 0.243 e. The Balaban J connectivity index is 1.82. The molecule has 0 amide bonds. The highest BCUT2D eigenvalue weighted by molar-refractivity contribution is 7.89. The number of hydrogen-bond donors (Lipinski definition) is 0. The summed E-state index contributed by atoms with van der Waals surface area (Å²) in [5.74, 6) is 0.549. The maximum atomic E-state index is 13.0. The van der Waals surface area contributed by atoms with Crippen LogP contribution in [-0.4, -0.2) is 38.2 Å². The summed E-state index contributed by atoms with van der Waals surface area (Å²) in [6.45, 7) is 4.37. The van der Waals surface area contributed by atoms with Gasteiger partial charge in [0.2, 0.25) is 10.0 Å². The zero-order valence-electron chi connectivity index (χ0n) is 15.9. The van der Waals surface area contributed by atoms with Gasteiger partial charge in [-0.15, -0.1) is 0 Å². The first-order chi connectivity index (χ1) is 12.8. The van der Waals surface area contributed by atoms with E-state index in [1.807, 2.05) is 26.0 Å². The summed E-state index contributed by atoms with van der Waals surface area (Å²) in [5, 5.41) is 0. The third kappa shape index (κ3) is 4.22. The highest BCUT2D eigenvalue weighted by Gasteiger charge is 2.39. The molecule has 0 aliphatic carbocycles. The van der Waals surface area contributed by atoms with E-state index in [1.165, 1.54) is 23.5 Å². The average molecular weight is 388 g/mol. The summed E-state index contributed by atoms with van der Waals surface area (Å²) in [6, 6.07) is 11.7. The monoisotopic (exact) mass is 387 g/mol. The topological polar surface area (TPSA) is 63.7 Å². The Morgan fingerprint density at radius 2 is 1.74 bits per heavy atom. The van der Waals surface area contributed by atoms with Crippen molar-refractivity contribution in [1.82, 2.24) is 4.31 Å². The quantitative estimate of drug-likeness (QED) is 0.763. The summed E-state index contributed by atoms with van der Waals surface area (Å²) in [6.07, 6.45) is 1.51. The molecule has 0 spiro atoms. The molecular formula is C21H25NO4S. The summed E-state index contributed by atoms with van der Waals surface area (Å²) < 4.78 is 32.5. The number of ether oxygens (including phenoxy) is 1. The summed E-state index contributed by atoms with van der Waals surface area (Å²) in [7, 11) is -2.18. The van der Waals surface area contributed by atoms with Crippen LogP contribution >= 0.6 is 0 Å². The minimum absolute atomic E-state index is 0.0467. The number of sulfonamides is 1. The number of carbonyl (C=O) groups excluding carboxylic acids is 1. The second-order valence-corrected chi connectivity index (χ2v) is 8.98. The molecule has 1 heterocycles. The zero-order valence-corrected chi connectivity index (χ0v) is 16.8. The van der Waals surface area contributed by atoms with Gasteiger partial charge in [0.1, 0.15) is 5.75 Å². The predicted octanol–water partition coefficient (Wildman–Crippen LogP) is 3.28. The lowest BCUT2D eigenvalue weighted by atomic mass is 9.99. The van der Waals surface area contributed by atoms with Gasteiger partial charge in [-0.3, -0.25) is 4.79 Å². The second-order valence-electron chi connectivity index (χ2n) is 7.09. The lowest BCUT2D eigenvalue weighted by molar-refractivity contribution is -0.121. The van der Waals surface area contributed by atoms with Gasteiger partial charge in [0, 0.05) is 13.0 Å². The van der Waals surface area contributed by atoms with E-state index in [0.717, 1.165) is 16.7 Å². The van der Waals surface area contributed by atoms with Gasteiger partial charge < -0.3 is 4.74 Å². The van der Waals surface area contributed by atoms with Gasteiger partial charge in [-0.25, -0.2) is 8.42 Å². The minimum atomic E-state index is -3.71. The van der Waals surface area contributed by atoms with Crippen LogP contribution in [-0.2, 0) is 21.2 Å². The molecule has 1 fully saturated rings. The molecular weight excluding hydrogens is 362 g/mol. The highest BCUT2D eigenvalue weighted by atomic mass is 32.2. The Morgan fingerprint density at radius 1 is 1.11 bits per heavy atom. The van der Waals surface area contributed by atoms with E-state index >= 15 is 0 Å². The molecule has 1 aliphatic rings. The first-order valence-corrected chi connectivity index (χ1v) is 10.5. The standard InChI is InChI=1S/C21H25NO4S/c1-15-11-16(2)13-17(12-15)14-21(23)20-5-4-10-22(20)27(24,25)19-8-6-18(26-3)7-9-19/h6-9,11-13,20H,4-5,10,14H2,1-3H3/t20-/m0/s1. The van der Waals surface area contributed by atoms with Gasteiger partial charge in [0.05, 0.1) is 18.0 Å². The van der Waals surface area contributed by atoms with E-state index in [4.69, 9.17) is 4.74 Å². The van der Waals surface area contributed by atoms with Crippen LogP contribution in [0.15, 0.2) is 47.4 Å². The van der Waals surface area contributed by atoms with E-state index in [9.17, 15) is 13.2 Å². The molecule has 1 aliphatic heterocycles. The van der Waals surface area contributed by atoms with Crippen molar-refractivity contribution >= 4 is 15.8 Å². The molecule has 1 saturated heterocycles. The van der Waals surface area contributed by atoms with Crippen molar-refractivity contribution in [3.8, 4) is 5.75 Å². The molecule has 3 rings (SSSR count). The van der Waals surface area contributed by atoms with Crippen LogP contribution in [0.1, 0.15) is 29.5 Å². The molecule has 0 aromatic heterocycles. The smallest absolute Gasteiger partial charge is 0.243 e. The van der Waals surface area contributed by atoms with Crippen LogP contribution in [0.2, 0.25) is 0 Å². The fourth-order valence-corrected chi connectivity index (χ4v) is 5.40. The molecule has 0 saturated carbocycles. The SMILES string of the molecule is COc1ccc(S(=O)(=O)N2CCC[C@H]2C(=O)Cc2cc(C)cc(C)c2)cc1. The van der Waals surface area contributed by atoms with Crippen LogP contribution in [0.5, 0.6) is 5.75 Å². The van der Waals surface area contributed by atoms with Crippen LogP contribution in [0.4, 0.5) is 0 Å². The number of hydrogen-bond acceptors (Lipinski definition) is 4. The van der Waals surface area contributed by atoms with E-state index < -0.39 is 16.1 Å². The molecule has 0 radical (unpaired) electrons. The van der Waals surface area contributed by atoms with Gasteiger partial charge >= 0.3 is 0 Å². The van der Waals surface area contributed by atoms with Crippen LogP contribution in [0, 0.1) is 13.8 Å². The Labute approximate surface area is 161 Å². The normalized spacial score (nSPS) is 17.8. The first-order valence-electron chi connectivity index (χ1n) is 9.07. The number of Topliss-reactive ketones (excluding diaryl/α,β-unsaturated/α-hetero) is 1. The summed E-state index contributed by atoms with van der Waals surface area (Å²) >= 11 is 0. The second kappa shape index (κ2) is 7.82. The highest BCUT2D eigenvalue weighted by Crippen LogP contribution is 2.28. The van der Waals surface area contributed by atoms with Crippen molar-refractivity contribution in [2.24, 2.45) is 0 Å². The number of benzene rings is 2. The van der Waals surface area contributed by atoms with Crippen molar-refractivity contribution in [3.05, 3.63) is 59.2 Å². The lowest BCUT2D eigenvalue weighted by Crippen LogP contribution is -2.41. The molecule has 27 heavy (non-hydrogen) atoms. The molecule has 144 valence electrons. The minimum Gasteiger partial charge on any atom is -0.497 e. The molecule has 2 aromatic carbocycles. The van der Waals surface area contributed by atoms with Gasteiger partial charge in [-0.05, 0) is 56.5 Å². The van der Waals surface area contributed by atoms with Gasteiger partial charge in [0.25, 0.3) is 0 Å². The number of aryl methyl sites for hydroxylation is 2. The first kappa shape index (κ1) is 19.6. The average Bonchev–Trinajstić information content (AvgIpc) is 3.11. The molecule has 6 heteroatoms. The van der Waals surface area contributed by atoms with Crippen LogP contribution < -0.4 is 4.74 Å². The molecule has 0 N–H and O–H groups in total. The largest absolute Gasteiger partial charge is 0.497 e. The van der Waals surface area contributed by atoms with E-state index in [-0.39, 0.29) is 17.1 Å². The van der Waals surface area contributed by atoms with Crippen molar-refractivity contribution in [2.45, 2.75) is 44.0 Å². The zero-order chi connectivity index (χ0) is 19.6. The Morgan fingerprint density at radius 3 is 2.33 bits per heavy atom. The predicted molar refractivity (Wildman–Crippen MR) is 105 cm³/mol. The summed E-state index contributed by atoms with van der Waals surface area (Å²) in [5.41, 5.74) is 3.14. The van der Waals surface area contributed by atoms with Crippen LogP contribution in [0.3, 0.4) is 0 Å². The number of ketones is 1. The lowest BCUT2D eigenvalue weighted by Gasteiger charge is -2.23. The summed E-state index contributed by atoms with van der Waals surface area (Å²) in [4.78, 5) is 13.1. The number of methoxy groups -OCH3 is 1. The Bertz CT molecular complexity index is 915. The van der Waals surface area contributed by atoms with Gasteiger partial charge in [0.15, 0.2) is 5.78 Å². The van der Waals surface area contributed by atoms with E-state index in [2.05, 4.69) is 6.07 Å².